The average Bonchev–Trinajstić information content (AvgIpc) is 2.90. The lowest BCUT2D eigenvalue weighted by atomic mass is 9.75. The molecule has 2 heterocycles. The Balaban J connectivity index is 2.20. The zero-order valence-electron chi connectivity index (χ0n) is 12.5. The second kappa shape index (κ2) is 5.28. The maximum absolute atomic E-state index is 10.7. The van der Waals surface area contributed by atoms with Gasteiger partial charge in [-0.2, -0.15) is 0 Å². The molecule has 1 fully saturated rings. The van der Waals surface area contributed by atoms with E-state index in [0.717, 1.165) is 39.6 Å². The number of likely N-dealkylation sites (tertiary alicyclic amines) is 1. The van der Waals surface area contributed by atoms with Gasteiger partial charge in [-0.05, 0) is 71.7 Å². The van der Waals surface area contributed by atoms with E-state index < -0.39 is 0 Å². The summed E-state index contributed by atoms with van der Waals surface area (Å²) in [4.78, 5) is 2.35. The van der Waals surface area contributed by atoms with Gasteiger partial charge in [0.2, 0.25) is 0 Å². The molecule has 2 N–H and O–H groups in total. The van der Waals surface area contributed by atoms with Crippen LogP contribution in [0.25, 0.3) is 0 Å². The lowest BCUT2D eigenvalue weighted by Crippen LogP contribution is -2.41. The highest BCUT2D eigenvalue weighted by Crippen LogP contribution is 2.57. The number of hydrogen-bond acceptors (Lipinski definition) is 3. The van der Waals surface area contributed by atoms with Gasteiger partial charge in [0, 0.05) is 22.0 Å². The van der Waals surface area contributed by atoms with Gasteiger partial charge in [-0.3, -0.25) is 4.90 Å². The van der Waals surface area contributed by atoms with Crippen molar-refractivity contribution in [3.8, 4) is 5.75 Å². The monoisotopic (exact) mass is 414 g/mol. The SMILES string of the molecule is CC(C)=CC[C@@]12CCN(C)[C@@H]1Nc1c(Br)cc(Br)c(O)c12. The van der Waals surface area contributed by atoms with E-state index in [2.05, 4.69) is 69.0 Å². The van der Waals surface area contributed by atoms with Crippen molar-refractivity contribution < 1.29 is 5.11 Å². The molecule has 0 radical (unpaired) electrons. The maximum atomic E-state index is 10.7. The van der Waals surface area contributed by atoms with Crippen LogP contribution in [0.2, 0.25) is 0 Å². The largest absolute Gasteiger partial charge is 0.506 e. The van der Waals surface area contributed by atoms with E-state index in [-0.39, 0.29) is 11.6 Å². The Morgan fingerprint density at radius 3 is 2.86 bits per heavy atom. The van der Waals surface area contributed by atoms with Crippen LogP contribution in [-0.4, -0.2) is 29.8 Å². The quantitative estimate of drug-likeness (QED) is 0.693. The Kier molecular flexibility index (Phi) is 3.87. The summed E-state index contributed by atoms with van der Waals surface area (Å²) in [5.41, 5.74) is 3.35. The van der Waals surface area contributed by atoms with Crippen molar-refractivity contribution in [3.63, 3.8) is 0 Å². The molecule has 0 aliphatic carbocycles. The molecule has 2 aliphatic rings. The Morgan fingerprint density at radius 2 is 2.19 bits per heavy atom. The van der Waals surface area contributed by atoms with Crippen molar-refractivity contribution in [2.75, 3.05) is 18.9 Å². The number of nitrogens with zero attached hydrogens (tertiary/aromatic N) is 1. The molecule has 2 atom stereocenters. The average molecular weight is 416 g/mol. The number of hydrogen-bond donors (Lipinski definition) is 2. The third-order valence-corrected chi connectivity index (χ3v) is 5.96. The Labute approximate surface area is 142 Å². The van der Waals surface area contributed by atoms with Crippen molar-refractivity contribution >= 4 is 37.5 Å². The minimum atomic E-state index is -0.0578. The zero-order chi connectivity index (χ0) is 15.4. The summed E-state index contributed by atoms with van der Waals surface area (Å²) < 4.78 is 1.75. The first-order valence-corrected chi connectivity index (χ1v) is 8.77. The first-order chi connectivity index (χ1) is 9.86. The Morgan fingerprint density at radius 1 is 1.48 bits per heavy atom. The molecule has 3 rings (SSSR count). The number of phenolic OH excluding ortho intramolecular Hbond substituents is 1. The molecule has 0 aromatic heterocycles. The van der Waals surface area contributed by atoms with Crippen molar-refractivity contribution in [2.24, 2.45) is 0 Å². The molecule has 1 aromatic rings. The van der Waals surface area contributed by atoms with Gasteiger partial charge in [-0.25, -0.2) is 0 Å². The zero-order valence-corrected chi connectivity index (χ0v) is 15.7. The van der Waals surface area contributed by atoms with Gasteiger partial charge >= 0.3 is 0 Å². The molecule has 2 aliphatic heterocycles. The second-order valence-corrected chi connectivity index (χ2v) is 8.07. The predicted octanol–water partition coefficient (Wildman–Crippen LogP) is 4.60. The number of allylic oxidation sites excluding steroid dienone is 2. The predicted molar refractivity (Wildman–Crippen MR) is 93.9 cm³/mol. The van der Waals surface area contributed by atoms with Crippen LogP contribution in [0.15, 0.2) is 26.7 Å². The number of halogens is 2. The van der Waals surface area contributed by atoms with E-state index >= 15 is 0 Å². The number of fused-ring (bicyclic) bond motifs is 3. The highest BCUT2D eigenvalue weighted by molar-refractivity contribution is 9.11. The number of benzene rings is 1. The summed E-state index contributed by atoms with van der Waals surface area (Å²) >= 11 is 7.11. The summed E-state index contributed by atoms with van der Waals surface area (Å²) in [6.45, 7) is 5.30. The summed E-state index contributed by atoms with van der Waals surface area (Å²) in [7, 11) is 2.15. The summed E-state index contributed by atoms with van der Waals surface area (Å²) in [6, 6.07) is 1.91. The lowest BCUT2D eigenvalue weighted by Gasteiger charge is -2.31. The molecule has 0 unspecified atom stereocenters. The third kappa shape index (κ3) is 2.25. The van der Waals surface area contributed by atoms with E-state index in [1.165, 1.54) is 5.57 Å². The van der Waals surface area contributed by atoms with E-state index in [4.69, 9.17) is 0 Å². The number of aromatic hydroxyl groups is 1. The molecular formula is C16H20Br2N2O. The first-order valence-electron chi connectivity index (χ1n) is 7.18. The first kappa shape index (κ1) is 15.4. The molecule has 1 aromatic carbocycles. The van der Waals surface area contributed by atoms with Gasteiger partial charge in [0.25, 0.3) is 0 Å². The van der Waals surface area contributed by atoms with Crippen LogP contribution in [0.3, 0.4) is 0 Å². The molecule has 5 heteroatoms. The molecule has 21 heavy (non-hydrogen) atoms. The van der Waals surface area contributed by atoms with Crippen molar-refractivity contribution in [1.29, 1.82) is 0 Å². The smallest absolute Gasteiger partial charge is 0.135 e. The van der Waals surface area contributed by atoms with Crippen LogP contribution in [0.1, 0.15) is 32.3 Å². The number of nitrogens with one attached hydrogen (secondary N) is 1. The van der Waals surface area contributed by atoms with Crippen LogP contribution in [-0.2, 0) is 5.41 Å². The molecule has 0 spiro atoms. The highest BCUT2D eigenvalue weighted by atomic mass is 79.9. The fourth-order valence-electron chi connectivity index (χ4n) is 3.65. The van der Waals surface area contributed by atoms with Crippen molar-refractivity contribution in [1.82, 2.24) is 4.90 Å². The third-order valence-electron chi connectivity index (χ3n) is 4.73. The van der Waals surface area contributed by atoms with Gasteiger partial charge in [-0.1, -0.05) is 11.6 Å². The fraction of sp³-hybridized carbons (Fsp3) is 0.500. The van der Waals surface area contributed by atoms with Gasteiger partial charge in [-0.15, -0.1) is 0 Å². The topological polar surface area (TPSA) is 35.5 Å². The number of likely N-dealkylation sites (N-methyl/N-ethyl adjacent to an activating group) is 1. The number of anilines is 1. The Bertz CT molecular complexity index is 625. The van der Waals surface area contributed by atoms with Gasteiger partial charge in [0.15, 0.2) is 0 Å². The molecule has 0 saturated carbocycles. The lowest BCUT2D eigenvalue weighted by molar-refractivity contribution is 0.282. The number of rotatable bonds is 2. The minimum Gasteiger partial charge on any atom is -0.506 e. The molecule has 114 valence electrons. The molecule has 0 bridgehead atoms. The summed E-state index contributed by atoms with van der Waals surface area (Å²) in [5, 5.41) is 14.3. The van der Waals surface area contributed by atoms with Crippen LogP contribution in [0.4, 0.5) is 5.69 Å². The van der Waals surface area contributed by atoms with Crippen LogP contribution >= 0.6 is 31.9 Å². The maximum Gasteiger partial charge on any atom is 0.135 e. The minimum absolute atomic E-state index is 0.0578. The van der Waals surface area contributed by atoms with E-state index in [9.17, 15) is 5.11 Å². The molecule has 3 nitrogen and oxygen atoms in total. The van der Waals surface area contributed by atoms with E-state index in [1.807, 2.05) is 6.07 Å². The van der Waals surface area contributed by atoms with Crippen LogP contribution in [0, 0.1) is 0 Å². The molecule has 0 amide bonds. The highest BCUT2D eigenvalue weighted by Gasteiger charge is 2.54. The molecular weight excluding hydrogens is 396 g/mol. The summed E-state index contributed by atoms with van der Waals surface area (Å²) in [6.07, 6.45) is 4.52. The molecule has 1 saturated heterocycles. The Hall–Kier alpha value is -0.520. The number of phenols is 1. The fourth-order valence-corrected chi connectivity index (χ4v) is 4.92. The van der Waals surface area contributed by atoms with E-state index in [0.29, 0.717) is 5.75 Å². The normalized spacial score (nSPS) is 27.2. The standard InChI is InChI=1S/C16H20Br2N2O/c1-9(2)4-5-16-6-7-20(3)15(16)19-13-10(17)8-11(18)14(21)12(13)16/h4,8,15,19,21H,5-7H2,1-3H3/t15-,16-/m0/s1. The van der Waals surface area contributed by atoms with E-state index in [1.54, 1.807) is 0 Å². The van der Waals surface area contributed by atoms with Gasteiger partial charge in [0.1, 0.15) is 5.75 Å². The summed E-state index contributed by atoms with van der Waals surface area (Å²) in [5.74, 6) is 0.376. The van der Waals surface area contributed by atoms with Crippen molar-refractivity contribution in [2.45, 2.75) is 38.3 Å². The second-order valence-electron chi connectivity index (χ2n) is 6.36. The van der Waals surface area contributed by atoms with Crippen LogP contribution in [0.5, 0.6) is 5.75 Å². The van der Waals surface area contributed by atoms with Crippen LogP contribution < -0.4 is 5.32 Å². The van der Waals surface area contributed by atoms with Gasteiger partial charge < -0.3 is 10.4 Å². The van der Waals surface area contributed by atoms with Crippen molar-refractivity contribution in [3.05, 3.63) is 32.2 Å². The van der Waals surface area contributed by atoms with Gasteiger partial charge in [0.05, 0.1) is 16.3 Å².